The van der Waals surface area contributed by atoms with E-state index in [0.717, 1.165) is 31.4 Å². The molecule has 4 nitrogen and oxygen atoms in total. The lowest BCUT2D eigenvalue weighted by Crippen LogP contribution is -2.39. The van der Waals surface area contributed by atoms with Gasteiger partial charge in [0.2, 0.25) is 0 Å². The molecule has 0 spiro atoms. The van der Waals surface area contributed by atoms with Gasteiger partial charge in [-0.25, -0.2) is 4.98 Å². The molecule has 2 fully saturated rings. The maximum atomic E-state index is 5.60. The van der Waals surface area contributed by atoms with Gasteiger partial charge in [0.15, 0.2) is 0 Å². The monoisotopic (exact) mass is 425 g/mol. The summed E-state index contributed by atoms with van der Waals surface area (Å²) in [5.41, 5.74) is 2.43. The van der Waals surface area contributed by atoms with Gasteiger partial charge in [0.25, 0.3) is 0 Å². The predicted octanol–water partition coefficient (Wildman–Crippen LogP) is 3.92. The molecule has 0 amide bonds. The van der Waals surface area contributed by atoms with E-state index in [9.17, 15) is 0 Å². The van der Waals surface area contributed by atoms with E-state index in [1.165, 1.54) is 53.2 Å². The predicted molar refractivity (Wildman–Crippen MR) is 101 cm³/mol. The van der Waals surface area contributed by atoms with Gasteiger partial charge in [0.1, 0.15) is 5.65 Å². The van der Waals surface area contributed by atoms with Crippen molar-refractivity contribution in [3.63, 3.8) is 0 Å². The zero-order valence-corrected chi connectivity index (χ0v) is 15.6. The summed E-state index contributed by atoms with van der Waals surface area (Å²) < 4.78 is 6.87. The van der Waals surface area contributed by atoms with Crippen molar-refractivity contribution in [2.45, 2.75) is 44.1 Å². The fourth-order valence-electron chi connectivity index (χ4n) is 4.12. The average molecular weight is 425 g/mol. The normalized spacial score (nSPS) is 27.2. The molecule has 1 aliphatic heterocycles. The van der Waals surface area contributed by atoms with Gasteiger partial charge in [-0.1, -0.05) is 0 Å². The van der Waals surface area contributed by atoms with Crippen LogP contribution in [0.3, 0.4) is 0 Å². The van der Waals surface area contributed by atoms with Gasteiger partial charge in [0, 0.05) is 47.1 Å². The lowest BCUT2D eigenvalue weighted by atomic mass is 9.81. The van der Waals surface area contributed by atoms with Crippen LogP contribution in [-0.2, 0) is 4.74 Å². The minimum atomic E-state index is 0.678. The average Bonchev–Trinajstić information content (AvgIpc) is 2.80. The Bertz CT molecular complexity index is 655. The second-order valence-corrected chi connectivity index (χ2v) is 7.97. The van der Waals surface area contributed by atoms with E-state index in [1.807, 2.05) is 6.20 Å². The third-order valence-corrected chi connectivity index (χ3v) is 6.34. The van der Waals surface area contributed by atoms with Gasteiger partial charge < -0.3 is 9.72 Å². The molecule has 0 aromatic carbocycles. The molecule has 1 aliphatic carbocycles. The number of fused-ring (bicyclic) bond motifs is 1. The molecule has 2 aromatic rings. The molecule has 0 atom stereocenters. The first-order valence-electron chi connectivity index (χ1n) is 8.75. The van der Waals surface area contributed by atoms with E-state index < -0.39 is 0 Å². The van der Waals surface area contributed by atoms with Gasteiger partial charge in [-0.2, -0.15) is 0 Å². The summed E-state index contributed by atoms with van der Waals surface area (Å²) in [7, 11) is 0. The SMILES string of the molecule is Ic1c[nH]c2ncc(C3CCC(N4CCCOCC4)CC3)cc12. The number of hydrogen-bond donors (Lipinski definition) is 1. The lowest BCUT2D eigenvalue weighted by molar-refractivity contribution is 0.118. The van der Waals surface area contributed by atoms with Crippen molar-refractivity contribution in [2.24, 2.45) is 0 Å². The number of halogens is 1. The Kier molecular flexibility index (Phi) is 4.87. The molecule has 1 saturated carbocycles. The van der Waals surface area contributed by atoms with Crippen molar-refractivity contribution in [1.82, 2.24) is 14.9 Å². The van der Waals surface area contributed by atoms with Crippen LogP contribution >= 0.6 is 22.6 Å². The Morgan fingerprint density at radius 3 is 2.91 bits per heavy atom. The highest BCUT2D eigenvalue weighted by Crippen LogP contribution is 2.36. The van der Waals surface area contributed by atoms with E-state index in [1.54, 1.807) is 0 Å². The first-order valence-corrected chi connectivity index (χ1v) is 9.83. The molecule has 1 N–H and O–H groups in total. The maximum absolute atomic E-state index is 5.60. The summed E-state index contributed by atoms with van der Waals surface area (Å²) in [6.07, 6.45) is 10.5. The van der Waals surface area contributed by atoms with Crippen LogP contribution in [-0.4, -0.2) is 47.2 Å². The summed E-state index contributed by atoms with van der Waals surface area (Å²) in [4.78, 5) is 10.5. The fourth-order valence-corrected chi connectivity index (χ4v) is 4.68. The van der Waals surface area contributed by atoms with Crippen molar-refractivity contribution >= 4 is 33.6 Å². The molecule has 3 heterocycles. The van der Waals surface area contributed by atoms with Gasteiger partial charge in [-0.15, -0.1) is 0 Å². The fraction of sp³-hybridized carbons (Fsp3) is 0.611. The molecule has 124 valence electrons. The van der Waals surface area contributed by atoms with Crippen molar-refractivity contribution in [3.8, 4) is 0 Å². The van der Waals surface area contributed by atoms with E-state index in [0.29, 0.717) is 5.92 Å². The highest BCUT2D eigenvalue weighted by molar-refractivity contribution is 14.1. The number of pyridine rings is 1. The molecule has 2 aromatic heterocycles. The second kappa shape index (κ2) is 7.07. The third kappa shape index (κ3) is 3.42. The zero-order valence-electron chi connectivity index (χ0n) is 13.4. The van der Waals surface area contributed by atoms with Crippen LogP contribution < -0.4 is 0 Å². The summed E-state index contributed by atoms with van der Waals surface area (Å²) in [5.74, 6) is 0.678. The molecule has 23 heavy (non-hydrogen) atoms. The van der Waals surface area contributed by atoms with E-state index in [4.69, 9.17) is 4.74 Å². The number of nitrogens with one attached hydrogen (secondary N) is 1. The number of hydrogen-bond acceptors (Lipinski definition) is 3. The third-order valence-electron chi connectivity index (χ3n) is 5.44. The smallest absolute Gasteiger partial charge is 0.138 e. The summed E-state index contributed by atoms with van der Waals surface area (Å²) in [6.45, 7) is 4.17. The topological polar surface area (TPSA) is 41.2 Å². The first kappa shape index (κ1) is 15.8. The van der Waals surface area contributed by atoms with Crippen LogP contribution in [0.15, 0.2) is 18.5 Å². The van der Waals surface area contributed by atoms with Gasteiger partial charge >= 0.3 is 0 Å². The Morgan fingerprint density at radius 2 is 2.04 bits per heavy atom. The van der Waals surface area contributed by atoms with Crippen molar-refractivity contribution in [3.05, 3.63) is 27.6 Å². The van der Waals surface area contributed by atoms with Crippen molar-refractivity contribution in [1.29, 1.82) is 0 Å². The Morgan fingerprint density at radius 1 is 1.17 bits per heavy atom. The largest absolute Gasteiger partial charge is 0.380 e. The first-order chi connectivity index (χ1) is 11.3. The van der Waals surface area contributed by atoms with Gasteiger partial charge in [-0.3, -0.25) is 4.90 Å². The molecule has 2 aliphatic rings. The molecular formula is C18H24IN3O. The number of H-pyrrole nitrogens is 1. The van der Waals surface area contributed by atoms with Crippen LogP contribution in [0.1, 0.15) is 43.6 Å². The maximum Gasteiger partial charge on any atom is 0.138 e. The molecule has 0 unspecified atom stereocenters. The Hall–Kier alpha value is -0.660. The lowest BCUT2D eigenvalue weighted by Gasteiger charge is -2.36. The quantitative estimate of drug-likeness (QED) is 0.742. The van der Waals surface area contributed by atoms with E-state index >= 15 is 0 Å². The van der Waals surface area contributed by atoms with Crippen LogP contribution in [0.5, 0.6) is 0 Å². The zero-order chi connectivity index (χ0) is 15.6. The minimum absolute atomic E-state index is 0.678. The molecule has 0 bridgehead atoms. The summed E-state index contributed by atoms with van der Waals surface area (Å²) in [6, 6.07) is 3.11. The Balaban J connectivity index is 1.42. The molecular weight excluding hydrogens is 401 g/mol. The number of ether oxygens (including phenoxy) is 1. The van der Waals surface area contributed by atoms with E-state index in [2.05, 4.69) is 49.7 Å². The molecule has 1 saturated heterocycles. The molecule has 5 heteroatoms. The number of nitrogens with zero attached hydrogens (tertiary/aromatic N) is 2. The molecule has 0 radical (unpaired) electrons. The number of aromatic nitrogens is 2. The highest BCUT2D eigenvalue weighted by atomic mass is 127. The second-order valence-electron chi connectivity index (χ2n) is 6.81. The van der Waals surface area contributed by atoms with Crippen LogP contribution in [0, 0.1) is 3.57 Å². The minimum Gasteiger partial charge on any atom is -0.380 e. The Labute approximate surface area is 151 Å². The summed E-state index contributed by atoms with van der Waals surface area (Å²) >= 11 is 2.39. The van der Waals surface area contributed by atoms with E-state index in [-0.39, 0.29) is 0 Å². The number of rotatable bonds is 2. The standard InChI is InChI=1S/C18H24IN3O/c19-17-12-21-18-16(17)10-14(11-20-18)13-2-4-15(5-3-13)22-6-1-8-23-9-7-22/h10-13,15H,1-9H2,(H,20,21). The number of aromatic amines is 1. The van der Waals surface area contributed by atoms with Crippen molar-refractivity contribution in [2.75, 3.05) is 26.3 Å². The van der Waals surface area contributed by atoms with Crippen LogP contribution in [0.2, 0.25) is 0 Å². The van der Waals surface area contributed by atoms with Crippen LogP contribution in [0.4, 0.5) is 0 Å². The van der Waals surface area contributed by atoms with Crippen molar-refractivity contribution < 1.29 is 4.74 Å². The van der Waals surface area contributed by atoms with Gasteiger partial charge in [-0.05, 0) is 72.2 Å². The highest BCUT2D eigenvalue weighted by Gasteiger charge is 2.27. The summed E-state index contributed by atoms with van der Waals surface area (Å²) in [5, 5.41) is 1.27. The molecule has 4 rings (SSSR count). The van der Waals surface area contributed by atoms with Gasteiger partial charge in [0.05, 0.1) is 6.61 Å². The van der Waals surface area contributed by atoms with Crippen LogP contribution in [0.25, 0.3) is 11.0 Å².